The predicted molar refractivity (Wildman–Crippen MR) is 114 cm³/mol. The Kier molecular flexibility index (Phi) is 5.25. The standard InChI is InChI=1S/C21H23BrF2N2OS/c1-12-5-16(26-4-3-17-15(11-26)8-18(22)28-17)6-13(2)20(12)25-19(27)7-14-9-21(23,24)10-14/h5-6,8,14H,3-4,7,9-11H2,1-2H3,(H,25,27). The molecule has 0 radical (unpaired) electrons. The van der Waals surface area contributed by atoms with Crippen LogP contribution in [0.2, 0.25) is 0 Å². The van der Waals surface area contributed by atoms with Gasteiger partial charge in [-0.25, -0.2) is 8.78 Å². The number of carbonyl (C=O) groups excluding carboxylic acids is 1. The molecule has 3 nitrogen and oxygen atoms in total. The summed E-state index contributed by atoms with van der Waals surface area (Å²) >= 11 is 5.38. The van der Waals surface area contributed by atoms with Crippen molar-refractivity contribution >= 4 is 44.5 Å². The third kappa shape index (κ3) is 4.10. The van der Waals surface area contributed by atoms with Crippen LogP contribution in [-0.4, -0.2) is 18.4 Å². The summed E-state index contributed by atoms with van der Waals surface area (Å²) in [6, 6.07) is 6.41. The van der Waals surface area contributed by atoms with E-state index < -0.39 is 5.92 Å². The zero-order chi connectivity index (χ0) is 20.1. The Labute approximate surface area is 176 Å². The van der Waals surface area contributed by atoms with Gasteiger partial charge in [0.2, 0.25) is 11.8 Å². The second-order valence-corrected chi connectivity index (χ2v) is 10.5. The van der Waals surface area contributed by atoms with Crippen LogP contribution in [-0.2, 0) is 17.8 Å². The minimum absolute atomic E-state index is 0.165. The van der Waals surface area contributed by atoms with Crippen LogP contribution in [0.3, 0.4) is 0 Å². The van der Waals surface area contributed by atoms with Gasteiger partial charge in [0.25, 0.3) is 0 Å². The number of aryl methyl sites for hydroxylation is 2. The molecule has 1 N–H and O–H groups in total. The highest BCUT2D eigenvalue weighted by Crippen LogP contribution is 2.44. The number of carbonyl (C=O) groups is 1. The lowest BCUT2D eigenvalue weighted by molar-refractivity contribution is -0.129. The molecule has 4 rings (SSSR count). The van der Waals surface area contributed by atoms with E-state index in [9.17, 15) is 13.6 Å². The Morgan fingerprint density at radius 3 is 2.61 bits per heavy atom. The van der Waals surface area contributed by atoms with Gasteiger partial charge in [-0.15, -0.1) is 11.3 Å². The second-order valence-electron chi connectivity index (χ2n) is 8.01. The van der Waals surface area contributed by atoms with Gasteiger partial charge in [-0.2, -0.15) is 0 Å². The summed E-state index contributed by atoms with van der Waals surface area (Å²) < 4.78 is 27.1. The van der Waals surface area contributed by atoms with Crippen LogP contribution in [0.25, 0.3) is 0 Å². The minimum Gasteiger partial charge on any atom is -0.367 e. The van der Waals surface area contributed by atoms with E-state index in [1.54, 1.807) is 0 Å². The fourth-order valence-electron chi connectivity index (χ4n) is 4.22. The summed E-state index contributed by atoms with van der Waals surface area (Å²) in [5.74, 6) is -2.96. The van der Waals surface area contributed by atoms with Crippen LogP contribution in [0.15, 0.2) is 22.0 Å². The van der Waals surface area contributed by atoms with Gasteiger partial charge in [-0.1, -0.05) is 0 Å². The SMILES string of the molecule is Cc1cc(N2CCc3sc(Br)cc3C2)cc(C)c1NC(=O)CC1CC(F)(F)C1. The van der Waals surface area contributed by atoms with Crippen molar-refractivity contribution in [3.8, 4) is 0 Å². The lowest BCUT2D eigenvalue weighted by Gasteiger charge is -2.34. The number of thiophene rings is 1. The molecular formula is C21H23BrF2N2OS. The normalized spacial score (nSPS) is 18.5. The Morgan fingerprint density at radius 2 is 1.96 bits per heavy atom. The molecule has 1 saturated carbocycles. The van der Waals surface area contributed by atoms with Crippen LogP contribution >= 0.6 is 27.3 Å². The molecule has 150 valence electrons. The number of fused-ring (bicyclic) bond motifs is 1. The van der Waals surface area contributed by atoms with E-state index in [0.29, 0.717) is 0 Å². The fraction of sp³-hybridized carbons (Fsp3) is 0.476. The summed E-state index contributed by atoms with van der Waals surface area (Å²) in [7, 11) is 0. The van der Waals surface area contributed by atoms with Crippen molar-refractivity contribution in [2.24, 2.45) is 5.92 Å². The Hall–Kier alpha value is -1.47. The molecule has 1 aliphatic heterocycles. The van der Waals surface area contributed by atoms with E-state index in [1.807, 2.05) is 25.2 Å². The zero-order valence-corrected chi connectivity index (χ0v) is 18.4. The average molecular weight is 469 g/mol. The largest absolute Gasteiger partial charge is 0.367 e. The van der Waals surface area contributed by atoms with Gasteiger partial charge in [0, 0.05) is 48.6 Å². The number of rotatable bonds is 4. The highest BCUT2D eigenvalue weighted by Gasteiger charge is 2.45. The van der Waals surface area contributed by atoms with E-state index in [4.69, 9.17) is 0 Å². The maximum atomic E-state index is 13.0. The number of amides is 1. The quantitative estimate of drug-likeness (QED) is 0.590. The number of nitrogens with one attached hydrogen (secondary N) is 1. The molecule has 0 atom stereocenters. The second kappa shape index (κ2) is 7.41. The van der Waals surface area contributed by atoms with Gasteiger partial charge in [0.05, 0.1) is 3.79 Å². The molecule has 1 aromatic heterocycles. The summed E-state index contributed by atoms with van der Waals surface area (Å²) in [4.78, 5) is 16.1. The van der Waals surface area contributed by atoms with Crippen LogP contribution in [0.4, 0.5) is 20.2 Å². The first-order valence-electron chi connectivity index (χ1n) is 9.51. The van der Waals surface area contributed by atoms with Crippen molar-refractivity contribution in [2.45, 2.75) is 52.0 Å². The maximum Gasteiger partial charge on any atom is 0.248 e. The first-order valence-corrected chi connectivity index (χ1v) is 11.1. The van der Waals surface area contributed by atoms with Crippen molar-refractivity contribution in [2.75, 3.05) is 16.8 Å². The van der Waals surface area contributed by atoms with Crippen LogP contribution in [0.5, 0.6) is 0 Å². The number of alkyl halides is 2. The summed E-state index contributed by atoms with van der Waals surface area (Å²) in [5.41, 5.74) is 5.32. The lowest BCUT2D eigenvalue weighted by Crippen LogP contribution is -2.37. The molecule has 28 heavy (non-hydrogen) atoms. The van der Waals surface area contributed by atoms with E-state index >= 15 is 0 Å². The molecule has 2 aromatic rings. The van der Waals surface area contributed by atoms with Crippen molar-refractivity contribution < 1.29 is 13.6 Å². The fourth-order valence-corrected chi connectivity index (χ4v) is 5.97. The third-order valence-corrected chi connectivity index (χ3v) is 7.37. The van der Waals surface area contributed by atoms with E-state index in [-0.39, 0.29) is 31.1 Å². The van der Waals surface area contributed by atoms with Gasteiger partial charge in [-0.3, -0.25) is 4.79 Å². The van der Waals surface area contributed by atoms with E-state index in [2.05, 4.69) is 44.3 Å². The molecule has 0 saturated heterocycles. The molecule has 0 unspecified atom stereocenters. The average Bonchev–Trinajstić information content (AvgIpc) is 2.95. The zero-order valence-electron chi connectivity index (χ0n) is 15.9. The molecule has 2 aliphatic rings. The summed E-state index contributed by atoms with van der Waals surface area (Å²) in [5, 5.41) is 2.95. The van der Waals surface area contributed by atoms with Crippen molar-refractivity contribution in [3.63, 3.8) is 0 Å². The lowest BCUT2D eigenvalue weighted by atomic mass is 9.79. The van der Waals surface area contributed by atoms with Gasteiger partial charge in [0.1, 0.15) is 0 Å². The van der Waals surface area contributed by atoms with Crippen LogP contribution < -0.4 is 10.2 Å². The van der Waals surface area contributed by atoms with Crippen molar-refractivity contribution in [1.82, 2.24) is 0 Å². The molecule has 1 amide bonds. The maximum absolute atomic E-state index is 13.0. The van der Waals surface area contributed by atoms with E-state index in [0.717, 1.165) is 42.0 Å². The Bertz CT molecular complexity index is 896. The van der Waals surface area contributed by atoms with Gasteiger partial charge >= 0.3 is 0 Å². The molecule has 1 fully saturated rings. The molecule has 2 heterocycles. The number of halogens is 3. The Morgan fingerprint density at radius 1 is 1.29 bits per heavy atom. The summed E-state index contributed by atoms with van der Waals surface area (Å²) in [6.45, 7) is 5.83. The third-order valence-electron chi connectivity index (χ3n) is 5.63. The number of benzene rings is 1. The first kappa shape index (κ1) is 19.8. The van der Waals surface area contributed by atoms with Crippen LogP contribution in [0, 0.1) is 19.8 Å². The summed E-state index contributed by atoms with van der Waals surface area (Å²) in [6.07, 6.45) is 0.853. The molecule has 0 bridgehead atoms. The van der Waals surface area contributed by atoms with Gasteiger partial charge in [0.15, 0.2) is 0 Å². The molecule has 7 heteroatoms. The predicted octanol–water partition coefficient (Wildman–Crippen LogP) is 6.06. The molecular weight excluding hydrogens is 446 g/mol. The van der Waals surface area contributed by atoms with Crippen molar-refractivity contribution in [3.05, 3.63) is 43.6 Å². The number of hydrogen-bond donors (Lipinski definition) is 1. The molecule has 1 aromatic carbocycles. The first-order chi connectivity index (χ1) is 13.2. The topological polar surface area (TPSA) is 32.3 Å². The highest BCUT2D eigenvalue weighted by atomic mass is 79.9. The highest BCUT2D eigenvalue weighted by molar-refractivity contribution is 9.11. The monoisotopic (exact) mass is 468 g/mol. The number of anilines is 2. The van der Waals surface area contributed by atoms with E-state index in [1.165, 1.54) is 14.2 Å². The number of hydrogen-bond acceptors (Lipinski definition) is 3. The molecule has 0 spiro atoms. The van der Waals surface area contributed by atoms with Gasteiger partial charge in [-0.05, 0) is 77.0 Å². The minimum atomic E-state index is -2.58. The number of nitrogens with zero attached hydrogens (tertiary/aromatic N) is 1. The Balaban J connectivity index is 1.44. The van der Waals surface area contributed by atoms with Gasteiger partial charge < -0.3 is 10.2 Å². The molecule has 1 aliphatic carbocycles. The van der Waals surface area contributed by atoms with Crippen molar-refractivity contribution in [1.29, 1.82) is 0 Å². The smallest absolute Gasteiger partial charge is 0.248 e. The van der Waals surface area contributed by atoms with Crippen LogP contribution in [0.1, 0.15) is 40.8 Å².